The molecule has 2 aromatic rings. The first-order valence-electron chi connectivity index (χ1n) is 8.39. The first-order valence-corrected chi connectivity index (χ1v) is 8.39. The number of aliphatic hydroxyl groups is 1. The SMILES string of the molecule is CN1C(=O)C[C@H](CNC(=O)[C@@H](O)c2ccccc2)[C@H]1c1ccccc1. The fourth-order valence-corrected chi connectivity index (χ4v) is 3.40. The normalized spacial score (nSPS) is 21.2. The molecule has 1 fully saturated rings. The van der Waals surface area contributed by atoms with Crippen molar-refractivity contribution < 1.29 is 14.7 Å². The predicted molar refractivity (Wildman–Crippen MR) is 94.5 cm³/mol. The highest BCUT2D eigenvalue weighted by Gasteiger charge is 2.38. The number of carbonyl (C=O) groups excluding carboxylic acids is 2. The Labute approximate surface area is 147 Å². The summed E-state index contributed by atoms with van der Waals surface area (Å²) >= 11 is 0. The lowest BCUT2D eigenvalue weighted by molar-refractivity contribution is -0.130. The molecular formula is C20H22N2O3. The molecule has 3 rings (SSSR count). The standard InChI is InChI=1S/C20H22N2O3/c1-22-17(23)12-16(18(22)14-8-4-2-5-9-14)13-21-20(25)19(24)15-10-6-3-7-11-15/h2-11,16,18-19,24H,12-13H2,1H3,(H,21,25)/t16-,18-,19+/m1/s1. The summed E-state index contributed by atoms with van der Waals surface area (Å²) in [5, 5.41) is 13.0. The molecule has 2 N–H and O–H groups in total. The molecule has 0 unspecified atom stereocenters. The predicted octanol–water partition coefficient (Wildman–Crippen LogP) is 2.06. The molecule has 2 aromatic carbocycles. The van der Waals surface area contributed by atoms with Crippen molar-refractivity contribution in [1.29, 1.82) is 0 Å². The Morgan fingerprint density at radius 3 is 2.40 bits per heavy atom. The van der Waals surface area contributed by atoms with E-state index in [1.54, 1.807) is 36.2 Å². The van der Waals surface area contributed by atoms with E-state index < -0.39 is 12.0 Å². The lowest BCUT2D eigenvalue weighted by atomic mass is 9.93. The summed E-state index contributed by atoms with van der Waals surface area (Å²) in [5.41, 5.74) is 1.61. The van der Waals surface area contributed by atoms with Gasteiger partial charge in [-0.15, -0.1) is 0 Å². The molecule has 25 heavy (non-hydrogen) atoms. The summed E-state index contributed by atoms with van der Waals surface area (Å²) < 4.78 is 0. The number of nitrogens with one attached hydrogen (secondary N) is 1. The number of hydrogen-bond donors (Lipinski definition) is 2. The van der Waals surface area contributed by atoms with E-state index in [1.165, 1.54) is 0 Å². The maximum absolute atomic E-state index is 12.2. The van der Waals surface area contributed by atoms with Crippen LogP contribution < -0.4 is 5.32 Å². The second-order valence-corrected chi connectivity index (χ2v) is 6.38. The minimum Gasteiger partial charge on any atom is -0.378 e. The molecule has 0 aromatic heterocycles. The van der Waals surface area contributed by atoms with E-state index in [2.05, 4.69) is 5.32 Å². The molecule has 0 saturated carbocycles. The van der Waals surface area contributed by atoms with Crippen LogP contribution in [0.3, 0.4) is 0 Å². The number of aliphatic hydroxyl groups excluding tert-OH is 1. The van der Waals surface area contributed by atoms with Crippen LogP contribution in [0.5, 0.6) is 0 Å². The molecule has 5 nitrogen and oxygen atoms in total. The smallest absolute Gasteiger partial charge is 0.253 e. The molecule has 2 amide bonds. The molecule has 5 heteroatoms. The number of likely N-dealkylation sites (tertiary alicyclic amines) is 1. The van der Waals surface area contributed by atoms with Gasteiger partial charge in [0, 0.05) is 25.9 Å². The molecule has 3 atom stereocenters. The van der Waals surface area contributed by atoms with Crippen LogP contribution in [-0.2, 0) is 9.59 Å². The topological polar surface area (TPSA) is 69.6 Å². The fraction of sp³-hybridized carbons (Fsp3) is 0.300. The van der Waals surface area contributed by atoms with Gasteiger partial charge in [-0.05, 0) is 11.1 Å². The second kappa shape index (κ2) is 7.49. The Morgan fingerprint density at radius 1 is 1.16 bits per heavy atom. The Balaban J connectivity index is 1.67. The van der Waals surface area contributed by atoms with Crippen molar-refractivity contribution in [3.63, 3.8) is 0 Å². The van der Waals surface area contributed by atoms with E-state index in [-0.39, 0.29) is 17.9 Å². The summed E-state index contributed by atoms with van der Waals surface area (Å²) in [7, 11) is 1.79. The Morgan fingerprint density at radius 2 is 1.76 bits per heavy atom. The number of amides is 2. The van der Waals surface area contributed by atoms with Gasteiger partial charge in [-0.25, -0.2) is 0 Å². The van der Waals surface area contributed by atoms with Crippen LogP contribution in [0, 0.1) is 5.92 Å². The van der Waals surface area contributed by atoms with Gasteiger partial charge in [0.05, 0.1) is 6.04 Å². The summed E-state index contributed by atoms with van der Waals surface area (Å²) in [4.78, 5) is 26.1. The van der Waals surface area contributed by atoms with Gasteiger partial charge >= 0.3 is 0 Å². The highest BCUT2D eigenvalue weighted by Crippen LogP contribution is 2.36. The minimum atomic E-state index is -1.20. The van der Waals surface area contributed by atoms with Crippen LogP contribution in [0.15, 0.2) is 60.7 Å². The number of rotatable bonds is 5. The van der Waals surface area contributed by atoms with Crippen molar-refractivity contribution in [2.45, 2.75) is 18.6 Å². The first kappa shape index (κ1) is 17.2. The van der Waals surface area contributed by atoms with E-state index in [0.717, 1.165) is 5.56 Å². The van der Waals surface area contributed by atoms with E-state index >= 15 is 0 Å². The Kier molecular flexibility index (Phi) is 5.14. The zero-order chi connectivity index (χ0) is 17.8. The molecule has 1 aliphatic heterocycles. The third kappa shape index (κ3) is 3.72. The monoisotopic (exact) mass is 338 g/mol. The van der Waals surface area contributed by atoms with E-state index in [4.69, 9.17) is 0 Å². The molecular weight excluding hydrogens is 316 g/mol. The van der Waals surface area contributed by atoms with E-state index in [9.17, 15) is 14.7 Å². The summed E-state index contributed by atoms with van der Waals surface area (Å²) in [6.07, 6.45) is -0.816. The quantitative estimate of drug-likeness (QED) is 0.877. The highest BCUT2D eigenvalue weighted by molar-refractivity contribution is 5.82. The van der Waals surface area contributed by atoms with Crippen molar-refractivity contribution in [1.82, 2.24) is 10.2 Å². The van der Waals surface area contributed by atoms with Crippen molar-refractivity contribution in [3.05, 3.63) is 71.8 Å². The molecule has 1 heterocycles. The number of benzene rings is 2. The third-order valence-electron chi connectivity index (χ3n) is 4.74. The maximum Gasteiger partial charge on any atom is 0.253 e. The summed E-state index contributed by atoms with van der Waals surface area (Å²) in [6.45, 7) is 0.346. The van der Waals surface area contributed by atoms with Gasteiger partial charge in [0.15, 0.2) is 6.10 Å². The van der Waals surface area contributed by atoms with Crippen molar-refractivity contribution in [3.8, 4) is 0 Å². The van der Waals surface area contributed by atoms with E-state index in [1.807, 2.05) is 36.4 Å². The van der Waals surface area contributed by atoms with Gasteiger partial charge in [0.2, 0.25) is 5.91 Å². The zero-order valence-corrected chi connectivity index (χ0v) is 14.1. The molecule has 0 spiro atoms. The maximum atomic E-state index is 12.2. The largest absolute Gasteiger partial charge is 0.378 e. The van der Waals surface area contributed by atoms with Crippen LogP contribution in [0.25, 0.3) is 0 Å². The third-order valence-corrected chi connectivity index (χ3v) is 4.74. The van der Waals surface area contributed by atoms with Crippen LogP contribution in [0.1, 0.15) is 29.7 Å². The van der Waals surface area contributed by atoms with Crippen molar-refractivity contribution >= 4 is 11.8 Å². The van der Waals surface area contributed by atoms with Gasteiger partial charge in [0.1, 0.15) is 0 Å². The lowest BCUT2D eigenvalue weighted by Crippen LogP contribution is -2.35. The average molecular weight is 338 g/mol. The van der Waals surface area contributed by atoms with Gasteiger partial charge < -0.3 is 15.3 Å². The van der Waals surface area contributed by atoms with Crippen LogP contribution in [0.2, 0.25) is 0 Å². The second-order valence-electron chi connectivity index (χ2n) is 6.38. The molecule has 130 valence electrons. The molecule has 1 aliphatic rings. The Bertz CT molecular complexity index is 733. The fourth-order valence-electron chi connectivity index (χ4n) is 3.40. The summed E-state index contributed by atoms with van der Waals surface area (Å²) in [6, 6.07) is 18.6. The Hall–Kier alpha value is -2.66. The van der Waals surface area contributed by atoms with Gasteiger partial charge in [0.25, 0.3) is 5.91 Å². The van der Waals surface area contributed by atoms with E-state index in [0.29, 0.717) is 18.5 Å². The van der Waals surface area contributed by atoms with Crippen LogP contribution in [0.4, 0.5) is 0 Å². The zero-order valence-electron chi connectivity index (χ0n) is 14.1. The summed E-state index contributed by atoms with van der Waals surface area (Å²) in [5.74, 6) is -0.399. The molecule has 1 saturated heterocycles. The number of nitrogens with zero attached hydrogens (tertiary/aromatic N) is 1. The van der Waals surface area contributed by atoms with Gasteiger partial charge in [-0.1, -0.05) is 60.7 Å². The van der Waals surface area contributed by atoms with Crippen LogP contribution >= 0.6 is 0 Å². The molecule has 0 aliphatic carbocycles. The van der Waals surface area contributed by atoms with Crippen molar-refractivity contribution in [2.24, 2.45) is 5.92 Å². The van der Waals surface area contributed by atoms with Gasteiger partial charge in [-0.3, -0.25) is 9.59 Å². The average Bonchev–Trinajstić information content (AvgIpc) is 2.94. The van der Waals surface area contributed by atoms with Crippen LogP contribution in [-0.4, -0.2) is 35.4 Å². The molecule has 0 radical (unpaired) electrons. The van der Waals surface area contributed by atoms with Crippen molar-refractivity contribution in [2.75, 3.05) is 13.6 Å². The van der Waals surface area contributed by atoms with Gasteiger partial charge in [-0.2, -0.15) is 0 Å². The number of hydrogen-bond acceptors (Lipinski definition) is 3. The first-order chi connectivity index (χ1) is 12.1. The minimum absolute atomic E-state index is 0.0215. The lowest BCUT2D eigenvalue weighted by Gasteiger charge is -2.26. The highest BCUT2D eigenvalue weighted by atomic mass is 16.3. The number of carbonyl (C=O) groups is 2. The molecule has 0 bridgehead atoms.